The Balaban J connectivity index is 1.86. The number of nitrogens with one attached hydrogen (secondary N) is 1. The van der Waals surface area contributed by atoms with Gasteiger partial charge in [0.1, 0.15) is 12.7 Å². The van der Waals surface area contributed by atoms with Gasteiger partial charge in [0.05, 0.1) is 17.4 Å². The van der Waals surface area contributed by atoms with E-state index in [0.717, 1.165) is 12.8 Å². The number of nitriles is 1. The fourth-order valence-corrected chi connectivity index (χ4v) is 2.92. The molecule has 1 aromatic carbocycles. The lowest BCUT2D eigenvalue weighted by Gasteiger charge is -2.30. The Labute approximate surface area is 126 Å². The molecule has 1 amide bonds. The van der Waals surface area contributed by atoms with Crippen LogP contribution in [-0.4, -0.2) is 18.6 Å². The maximum atomic E-state index is 12.0. The van der Waals surface area contributed by atoms with E-state index in [-0.39, 0.29) is 18.6 Å². The first-order valence-electron chi connectivity index (χ1n) is 7.65. The van der Waals surface area contributed by atoms with Crippen molar-refractivity contribution in [2.45, 2.75) is 45.1 Å². The second-order valence-corrected chi connectivity index (χ2v) is 5.51. The molecule has 1 aliphatic carbocycles. The van der Waals surface area contributed by atoms with E-state index in [2.05, 4.69) is 18.3 Å². The highest BCUT2D eigenvalue weighted by atomic mass is 16.5. The molecule has 0 aliphatic heterocycles. The summed E-state index contributed by atoms with van der Waals surface area (Å²) in [6, 6.07) is 9.05. The smallest absolute Gasteiger partial charge is 0.250 e. The van der Waals surface area contributed by atoms with E-state index in [9.17, 15) is 4.79 Å². The highest BCUT2D eigenvalue weighted by Gasteiger charge is 2.24. The summed E-state index contributed by atoms with van der Waals surface area (Å²) in [7, 11) is 0. The van der Waals surface area contributed by atoms with Gasteiger partial charge in [-0.1, -0.05) is 38.3 Å². The number of para-hydroxylation sites is 1. The third-order valence-electron chi connectivity index (χ3n) is 4.11. The Morgan fingerprint density at radius 1 is 1.38 bits per heavy atom. The summed E-state index contributed by atoms with van der Waals surface area (Å²) in [5.74, 6) is 0.371. The molecule has 0 spiro atoms. The molecule has 1 fully saturated rings. The zero-order valence-electron chi connectivity index (χ0n) is 12.5. The molecule has 0 bridgehead atoms. The van der Waals surface area contributed by atoms with E-state index in [1.165, 1.54) is 19.3 Å². The number of carbonyl (C=O) groups is 1. The van der Waals surface area contributed by atoms with E-state index < -0.39 is 0 Å². The predicted octanol–water partition coefficient (Wildman–Crippen LogP) is 3.48. The van der Waals surface area contributed by atoms with Crippen molar-refractivity contribution < 1.29 is 9.53 Å². The van der Waals surface area contributed by atoms with Gasteiger partial charge in [-0.15, -0.1) is 0 Å². The summed E-state index contributed by atoms with van der Waals surface area (Å²) in [5, 5.41) is 11.7. The first-order chi connectivity index (χ1) is 10.2. The van der Waals surface area contributed by atoms with Crippen LogP contribution in [0.25, 0.3) is 0 Å². The van der Waals surface area contributed by atoms with Crippen molar-refractivity contribution in [1.82, 2.24) is 0 Å². The van der Waals surface area contributed by atoms with Crippen molar-refractivity contribution in [3.63, 3.8) is 0 Å². The number of carbonyl (C=O) groups excluding carboxylic acids is 1. The highest BCUT2D eigenvalue weighted by molar-refractivity contribution is 5.92. The molecule has 0 aromatic heterocycles. The lowest BCUT2D eigenvalue weighted by atomic mass is 9.85. The molecule has 0 heterocycles. The van der Waals surface area contributed by atoms with Crippen LogP contribution in [0.5, 0.6) is 0 Å². The quantitative estimate of drug-likeness (QED) is 0.901. The fraction of sp³-hybridized carbons (Fsp3) is 0.529. The molecule has 1 N–H and O–H groups in total. The molecule has 2 rings (SSSR count). The van der Waals surface area contributed by atoms with Crippen LogP contribution in [0.2, 0.25) is 0 Å². The molecule has 4 heteroatoms. The van der Waals surface area contributed by atoms with E-state index >= 15 is 0 Å². The molecule has 1 aliphatic rings. The molecule has 112 valence electrons. The Kier molecular flexibility index (Phi) is 5.77. The summed E-state index contributed by atoms with van der Waals surface area (Å²) in [6.45, 7) is 2.23. The summed E-state index contributed by atoms with van der Waals surface area (Å²) in [5.41, 5.74) is 1.01. The van der Waals surface area contributed by atoms with Gasteiger partial charge in [0, 0.05) is 0 Å². The molecule has 0 radical (unpaired) electrons. The van der Waals surface area contributed by atoms with Gasteiger partial charge in [0.25, 0.3) is 0 Å². The third-order valence-corrected chi connectivity index (χ3v) is 4.11. The average molecular weight is 286 g/mol. The second-order valence-electron chi connectivity index (χ2n) is 5.51. The summed E-state index contributed by atoms with van der Waals surface area (Å²) in [6.07, 6.45) is 5.98. The van der Waals surface area contributed by atoms with Crippen LogP contribution in [0.3, 0.4) is 0 Å². The molecule has 2 unspecified atom stereocenters. The van der Waals surface area contributed by atoms with Gasteiger partial charge in [-0.05, 0) is 30.9 Å². The number of benzene rings is 1. The van der Waals surface area contributed by atoms with Crippen molar-refractivity contribution in [3.05, 3.63) is 29.8 Å². The molecular weight excluding hydrogens is 264 g/mol. The second kappa shape index (κ2) is 7.80. The van der Waals surface area contributed by atoms with Crippen LogP contribution >= 0.6 is 0 Å². The molecule has 0 saturated heterocycles. The van der Waals surface area contributed by atoms with Crippen LogP contribution in [0, 0.1) is 17.2 Å². The lowest BCUT2D eigenvalue weighted by Crippen LogP contribution is -2.31. The zero-order chi connectivity index (χ0) is 15.1. The van der Waals surface area contributed by atoms with Crippen LogP contribution in [0.15, 0.2) is 24.3 Å². The standard InChI is InChI=1S/C17H22N2O2/c1-2-13-7-4-6-10-16(13)21-12-17(20)19-15-9-5-3-8-14(15)11-18/h3,5,8-9,13,16H,2,4,6-7,10,12H2,1H3,(H,19,20). The minimum absolute atomic E-state index is 0.0565. The summed E-state index contributed by atoms with van der Waals surface area (Å²) < 4.78 is 5.80. The molecule has 2 atom stereocenters. The van der Waals surface area contributed by atoms with Crippen molar-refractivity contribution in [2.24, 2.45) is 5.92 Å². The summed E-state index contributed by atoms with van der Waals surface area (Å²) >= 11 is 0. The first kappa shape index (κ1) is 15.5. The lowest BCUT2D eigenvalue weighted by molar-refractivity contribution is -0.124. The van der Waals surface area contributed by atoms with Gasteiger partial charge in [0.2, 0.25) is 5.91 Å². The van der Waals surface area contributed by atoms with Crippen LogP contribution < -0.4 is 5.32 Å². The number of hydrogen-bond acceptors (Lipinski definition) is 3. The van der Waals surface area contributed by atoms with E-state index in [0.29, 0.717) is 17.2 Å². The number of hydrogen-bond donors (Lipinski definition) is 1. The molecule has 1 aromatic rings. The Morgan fingerprint density at radius 2 is 2.14 bits per heavy atom. The van der Waals surface area contributed by atoms with E-state index in [1.807, 2.05) is 0 Å². The Bertz CT molecular complexity index is 522. The Hall–Kier alpha value is -1.86. The maximum Gasteiger partial charge on any atom is 0.250 e. The highest BCUT2D eigenvalue weighted by Crippen LogP contribution is 2.29. The SMILES string of the molecule is CCC1CCCCC1OCC(=O)Nc1ccccc1C#N. The number of nitrogens with zero attached hydrogens (tertiary/aromatic N) is 1. The number of anilines is 1. The van der Waals surface area contributed by atoms with Crippen LogP contribution in [0.4, 0.5) is 5.69 Å². The predicted molar refractivity (Wildman–Crippen MR) is 81.8 cm³/mol. The molecule has 1 saturated carbocycles. The average Bonchev–Trinajstić information content (AvgIpc) is 2.53. The van der Waals surface area contributed by atoms with Crippen LogP contribution in [-0.2, 0) is 9.53 Å². The number of ether oxygens (including phenoxy) is 1. The van der Waals surface area contributed by atoms with E-state index in [4.69, 9.17) is 10.00 Å². The minimum atomic E-state index is -0.196. The van der Waals surface area contributed by atoms with Gasteiger partial charge in [-0.3, -0.25) is 4.79 Å². The van der Waals surface area contributed by atoms with Crippen molar-refractivity contribution in [3.8, 4) is 6.07 Å². The topological polar surface area (TPSA) is 62.1 Å². The largest absolute Gasteiger partial charge is 0.368 e. The molecular formula is C17H22N2O2. The van der Waals surface area contributed by atoms with Gasteiger partial charge in [0.15, 0.2) is 0 Å². The fourth-order valence-electron chi connectivity index (χ4n) is 2.92. The molecule has 21 heavy (non-hydrogen) atoms. The van der Waals surface area contributed by atoms with Gasteiger partial charge in [-0.2, -0.15) is 5.26 Å². The first-order valence-corrected chi connectivity index (χ1v) is 7.65. The van der Waals surface area contributed by atoms with Crippen molar-refractivity contribution in [2.75, 3.05) is 11.9 Å². The number of amides is 1. The van der Waals surface area contributed by atoms with Gasteiger partial charge >= 0.3 is 0 Å². The monoisotopic (exact) mass is 286 g/mol. The Morgan fingerprint density at radius 3 is 2.90 bits per heavy atom. The normalized spacial score (nSPS) is 21.5. The van der Waals surface area contributed by atoms with Crippen molar-refractivity contribution in [1.29, 1.82) is 5.26 Å². The van der Waals surface area contributed by atoms with E-state index in [1.54, 1.807) is 24.3 Å². The maximum absolute atomic E-state index is 12.0. The molecule has 4 nitrogen and oxygen atoms in total. The van der Waals surface area contributed by atoms with Crippen molar-refractivity contribution >= 4 is 11.6 Å². The number of rotatable bonds is 5. The van der Waals surface area contributed by atoms with Crippen LogP contribution in [0.1, 0.15) is 44.6 Å². The third kappa shape index (κ3) is 4.30. The van der Waals surface area contributed by atoms with Gasteiger partial charge < -0.3 is 10.1 Å². The van der Waals surface area contributed by atoms with Gasteiger partial charge in [-0.25, -0.2) is 0 Å². The summed E-state index contributed by atoms with van der Waals surface area (Å²) in [4.78, 5) is 12.0. The minimum Gasteiger partial charge on any atom is -0.368 e. The zero-order valence-corrected chi connectivity index (χ0v) is 12.5.